The summed E-state index contributed by atoms with van der Waals surface area (Å²) in [7, 11) is -1.59. The highest BCUT2D eigenvalue weighted by Gasteiger charge is 2.44. The van der Waals surface area contributed by atoms with E-state index in [0.717, 1.165) is 6.32 Å². The second kappa shape index (κ2) is 6.17. The highest BCUT2D eigenvalue weighted by Crippen LogP contribution is 2.41. The van der Waals surface area contributed by atoms with Crippen LogP contribution in [0.4, 0.5) is 0 Å². The molecular weight excluding hydrogens is 337 g/mol. The topological polar surface area (TPSA) is 3.24 Å². The van der Waals surface area contributed by atoms with Gasteiger partial charge >= 0.3 is 0 Å². The molecule has 0 spiro atoms. The largest absolute Gasteiger partial charge is 0.444 e. The number of rotatable bonds is 3. The SMILES string of the molecule is CC(C)(C)[Si](C)(C)N1C=CC=C(Br)B1Cc1ccccc1. The van der Waals surface area contributed by atoms with Crippen LogP contribution < -0.4 is 0 Å². The summed E-state index contributed by atoms with van der Waals surface area (Å²) >= 11 is 3.80. The van der Waals surface area contributed by atoms with Crippen molar-refractivity contribution >= 4 is 31.0 Å². The zero-order valence-electron chi connectivity index (χ0n) is 13.7. The van der Waals surface area contributed by atoms with E-state index in [2.05, 4.69) is 103 Å². The summed E-state index contributed by atoms with van der Waals surface area (Å²) < 4.78 is 3.93. The van der Waals surface area contributed by atoms with E-state index in [4.69, 9.17) is 0 Å². The Morgan fingerprint density at radius 2 is 1.76 bits per heavy atom. The van der Waals surface area contributed by atoms with Crippen LogP contribution in [0.2, 0.25) is 18.1 Å². The van der Waals surface area contributed by atoms with Crippen LogP contribution in [-0.4, -0.2) is 19.6 Å². The summed E-state index contributed by atoms with van der Waals surface area (Å²) in [6, 6.07) is 10.8. The van der Waals surface area contributed by atoms with E-state index in [1.807, 2.05) is 0 Å². The number of allylic oxidation sites excluding steroid dienone is 2. The van der Waals surface area contributed by atoms with Crippen molar-refractivity contribution in [1.29, 1.82) is 0 Å². The van der Waals surface area contributed by atoms with Crippen molar-refractivity contribution in [2.24, 2.45) is 0 Å². The first-order chi connectivity index (χ1) is 9.73. The molecule has 0 fully saturated rings. The van der Waals surface area contributed by atoms with E-state index < -0.39 is 8.24 Å². The minimum atomic E-state index is -1.59. The third-order valence-electron chi connectivity index (χ3n) is 4.91. The van der Waals surface area contributed by atoms with Gasteiger partial charge in [-0.3, -0.25) is 0 Å². The van der Waals surface area contributed by atoms with E-state index in [0.29, 0.717) is 11.9 Å². The molecule has 1 nitrogen and oxygen atoms in total. The van der Waals surface area contributed by atoms with Crippen molar-refractivity contribution in [3.63, 3.8) is 0 Å². The van der Waals surface area contributed by atoms with E-state index >= 15 is 0 Å². The molecule has 0 radical (unpaired) electrons. The van der Waals surface area contributed by atoms with Crippen LogP contribution in [0.5, 0.6) is 0 Å². The van der Waals surface area contributed by atoms with Crippen molar-refractivity contribution in [3.05, 3.63) is 58.6 Å². The van der Waals surface area contributed by atoms with Crippen molar-refractivity contribution in [2.75, 3.05) is 0 Å². The lowest BCUT2D eigenvalue weighted by atomic mass is 9.56. The Morgan fingerprint density at radius 1 is 1.14 bits per heavy atom. The summed E-state index contributed by atoms with van der Waals surface area (Å²) in [6.07, 6.45) is 7.72. The van der Waals surface area contributed by atoms with Gasteiger partial charge in [0.2, 0.25) is 0 Å². The third-order valence-corrected chi connectivity index (χ3v) is 11.1. The Hall–Kier alpha value is -0.738. The number of hydrogen-bond acceptors (Lipinski definition) is 1. The first kappa shape index (κ1) is 16.6. The van der Waals surface area contributed by atoms with E-state index in [1.165, 1.54) is 9.95 Å². The molecule has 1 aromatic rings. The van der Waals surface area contributed by atoms with Crippen LogP contribution in [0.1, 0.15) is 26.3 Å². The molecule has 0 unspecified atom stereocenters. The van der Waals surface area contributed by atoms with Crippen LogP contribution in [0.3, 0.4) is 0 Å². The Morgan fingerprint density at radius 3 is 2.33 bits per heavy atom. The van der Waals surface area contributed by atoms with Gasteiger partial charge in [-0.15, -0.1) is 0 Å². The molecule has 4 heteroatoms. The first-order valence-electron chi connectivity index (χ1n) is 7.60. The van der Waals surface area contributed by atoms with E-state index in [-0.39, 0.29) is 0 Å². The maximum atomic E-state index is 3.80. The molecule has 2 rings (SSSR count). The summed E-state index contributed by atoms with van der Waals surface area (Å²) in [5.41, 5.74) is 1.40. The monoisotopic (exact) mass is 361 g/mol. The fourth-order valence-corrected chi connectivity index (χ4v) is 5.54. The van der Waals surface area contributed by atoms with Gasteiger partial charge < -0.3 is 4.48 Å². The molecule has 0 bridgehead atoms. The van der Waals surface area contributed by atoms with Crippen LogP contribution in [0.15, 0.2) is 53.1 Å². The molecule has 1 heterocycles. The second-order valence-electron chi connectivity index (χ2n) is 7.31. The second-order valence-corrected chi connectivity index (χ2v) is 13.4. The molecular formula is C17H25BBrNSi. The lowest BCUT2D eigenvalue weighted by molar-refractivity contribution is 0.650. The van der Waals surface area contributed by atoms with Gasteiger partial charge in [0, 0.05) is 0 Å². The molecule has 0 saturated heterocycles. The normalized spacial score (nSPS) is 16.2. The molecule has 112 valence electrons. The molecule has 1 aromatic carbocycles. The van der Waals surface area contributed by atoms with E-state index in [9.17, 15) is 0 Å². The molecule has 1 aliphatic rings. The van der Waals surface area contributed by atoms with Gasteiger partial charge in [-0.25, -0.2) is 0 Å². The lowest BCUT2D eigenvalue weighted by Crippen LogP contribution is -2.59. The van der Waals surface area contributed by atoms with Gasteiger partial charge in [0.05, 0.1) is 0 Å². The van der Waals surface area contributed by atoms with Gasteiger partial charge in [-0.1, -0.05) is 91.8 Å². The average molecular weight is 362 g/mol. The van der Waals surface area contributed by atoms with Crippen molar-refractivity contribution < 1.29 is 0 Å². The smallest absolute Gasteiger partial charge is 0.291 e. The Balaban J connectivity index is 2.31. The average Bonchev–Trinajstić information content (AvgIpc) is 2.41. The van der Waals surface area contributed by atoms with Crippen molar-refractivity contribution in [3.8, 4) is 0 Å². The van der Waals surface area contributed by atoms with Crippen LogP contribution in [0.25, 0.3) is 0 Å². The maximum absolute atomic E-state index is 3.80. The van der Waals surface area contributed by atoms with Gasteiger partial charge in [0.1, 0.15) is 8.24 Å². The molecule has 0 aromatic heterocycles. The van der Waals surface area contributed by atoms with Crippen LogP contribution >= 0.6 is 15.9 Å². The standard InChI is InChI=1S/C17H25BBrNSi/c1-17(2,3)21(4,5)20-13-9-12-16(19)18(20)14-15-10-7-6-8-11-15/h6-13H,14H2,1-5H3. The minimum absolute atomic E-state index is 0.330. The fourth-order valence-electron chi connectivity index (χ4n) is 2.57. The zero-order chi connectivity index (χ0) is 15.7. The Labute approximate surface area is 139 Å². The first-order valence-corrected chi connectivity index (χ1v) is 11.3. The number of halogens is 1. The van der Waals surface area contributed by atoms with Crippen molar-refractivity contribution in [1.82, 2.24) is 4.48 Å². The Kier molecular flexibility index (Phi) is 4.89. The molecule has 0 N–H and O–H groups in total. The fraction of sp³-hybridized carbons (Fsp3) is 0.412. The summed E-state index contributed by atoms with van der Waals surface area (Å²) in [6.45, 7) is 12.5. The Bertz CT molecular complexity index is 546. The molecule has 0 amide bonds. The van der Waals surface area contributed by atoms with Gasteiger partial charge in [-0.05, 0) is 28.0 Å². The predicted molar refractivity (Wildman–Crippen MR) is 101 cm³/mol. The van der Waals surface area contributed by atoms with Gasteiger partial charge in [0.25, 0.3) is 6.85 Å². The van der Waals surface area contributed by atoms with Crippen LogP contribution in [0, 0.1) is 0 Å². The molecule has 0 saturated carbocycles. The van der Waals surface area contributed by atoms with E-state index in [1.54, 1.807) is 0 Å². The summed E-state index contributed by atoms with van der Waals surface area (Å²) in [5.74, 6) is 0. The number of benzene rings is 1. The molecule has 21 heavy (non-hydrogen) atoms. The number of nitrogens with zero attached hydrogens (tertiary/aromatic N) is 1. The molecule has 0 atom stereocenters. The van der Waals surface area contributed by atoms with Crippen LogP contribution in [-0.2, 0) is 6.32 Å². The summed E-state index contributed by atoms with van der Waals surface area (Å²) in [4.78, 5) is 0. The highest BCUT2D eigenvalue weighted by molar-refractivity contribution is 9.12. The molecule has 1 aliphatic heterocycles. The maximum Gasteiger partial charge on any atom is 0.291 e. The van der Waals surface area contributed by atoms with Gasteiger partial charge in [0.15, 0.2) is 0 Å². The lowest BCUT2D eigenvalue weighted by Gasteiger charge is -2.49. The predicted octanol–water partition coefficient (Wildman–Crippen LogP) is 5.41. The number of hydrogen-bond donors (Lipinski definition) is 0. The van der Waals surface area contributed by atoms with Gasteiger partial charge in [-0.2, -0.15) is 0 Å². The highest BCUT2D eigenvalue weighted by atomic mass is 79.9. The summed E-state index contributed by atoms with van der Waals surface area (Å²) in [5, 5.41) is 0.330. The van der Waals surface area contributed by atoms with Crippen molar-refractivity contribution in [2.45, 2.75) is 45.2 Å². The molecule has 0 aliphatic carbocycles. The minimum Gasteiger partial charge on any atom is -0.444 e. The zero-order valence-corrected chi connectivity index (χ0v) is 16.3. The quantitative estimate of drug-likeness (QED) is 0.650. The third kappa shape index (κ3) is 3.54.